The van der Waals surface area contributed by atoms with E-state index >= 15 is 0 Å². The van der Waals surface area contributed by atoms with Crippen LogP contribution in [0.2, 0.25) is 5.02 Å². The SMILES string of the molecule is O=C(O)c1ccc(Nc2ccc(Cl)c(F)c2)nc1. The van der Waals surface area contributed by atoms with Gasteiger partial charge in [0.15, 0.2) is 0 Å². The minimum absolute atomic E-state index is 0.0368. The molecule has 4 nitrogen and oxygen atoms in total. The van der Waals surface area contributed by atoms with Crippen LogP contribution in [-0.2, 0) is 0 Å². The van der Waals surface area contributed by atoms with Gasteiger partial charge in [0, 0.05) is 11.9 Å². The maximum atomic E-state index is 13.2. The summed E-state index contributed by atoms with van der Waals surface area (Å²) in [6, 6.07) is 7.15. The van der Waals surface area contributed by atoms with E-state index in [1.807, 2.05) is 0 Å². The van der Waals surface area contributed by atoms with E-state index in [1.165, 1.54) is 30.5 Å². The summed E-state index contributed by atoms with van der Waals surface area (Å²) in [4.78, 5) is 14.5. The third kappa shape index (κ3) is 2.75. The first kappa shape index (κ1) is 12.3. The monoisotopic (exact) mass is 266 g/mol. The first-order valence-electron chi connectivity index (χ1n) is 4.97. The molecule has 0 saturated carbocycles. The molecule has 0 atom stereocenters. The Bertz CT molecular complexity index is 587. The molecule has 92 valence electrons. The van der Waals surface area contributed by atoms with Crippen molar-refractivity contribution in [2.24, 2.45) is 0 Å². The second-order valence-electron chi connectivity index (χ2n) is 3.49. The maximum absolute atomic E-state index is 13.2. The standard InChI is InChI=1S/C12H8ClFN2O2/c13-9-3-2-8(5-10(9)14)16-11-4-1-7(6-15-11)12(17)18/h1-6H,(H,15,16)(H,17,18). The second-order valence-corrected chi connectivity index (χ2v) is 3.90. The van der Waals surface area contributed by atoms with Gasteiger partial charge in [-0.1, -0.05) is 11.6 Å². The highest BCUT2D eigenvalue weighted by molar-refractivity contribution is 6.30. The van der Waals surface area contributed by atoms with Gasteiger partial charge in [-0.2, -0.15) is 0 Å². The lowest BCUT2D eigenvalue weighted by Crippen LogP contribution is -1.99. The van der Waals surface area contributed by atoms with Gasteiger partial charge in [0.25, 0.3) is 0 Å². The minimum Gasteiger partial charge on any atom is -0.478 e. The van der Waals surface area contributed by atoms with E-state index in [-0.39, 0.29) is 10.6 Å². The Hall–Kier alpha value is -2.14. The van der Waals surface area contributed by atoms with Crippen molar-refractivity contribution in [1.82, 2.24) is 4.98 Å². The number of carbonyl (C=O) groups is 1. The number of halogens is 2. The van der Waals surface area contributed by atoms with E-state index < -0.39 is 11.8 Å². The zero-order valence-electron chi connectivity index (χ0n) is 9.02. The fourth-order valence-electron chi connectivity index (χ4n) is 1.32. The van der Waals surface area contributed by atoms with Gasteiger partial charge >= 0.3 is 5.97 Å². The van der Waals surface area contributed by atoms with Crippen molar-refractivity contribution in [1.29, 1.82) is 0 Å². The Labute approximate surface area is 107 Å². The van der Waals surface area contributed by atoms with E-state index in [2.05, 4.69) is 10.3 Å². The molecule has 0 unspecified atom stereocenters. The van der Waals surface area contributed by atoms with Crippen LogP contribution in [0.4, 0.5) is 15.9 Å². The van der Waals surface area contributed by atoms with Crippen molar-refractivity contribution in [2.75, 3.05) is 5.32 Å². The average molecular weight is 267 g/mol. The van der Waals surface area contributed by atoms with Crippen molar-refractivity contribution in [2.45, 2.75) is 0 Å². The van der Waals surface area contributed by atoms with Gasteiger partial charge in [0.2, 0.25) is 0 Å². The number of carboxylic acid groups (broad SMARTS) is 1. The molecule has 0 fully saturated rings. The number of aromatic nitrogens is 1. The van der Waals surface area contributed by atoms with E-state index in [9.17, 15) is 9.18 Å². The van der Waals surface area contributed by atoms with Crippen LogP contribution in [0.15, 0.2) is 36.5 Å². The molecule has 2 rings (SSSR count). The van der Waals surface area contributed by atoms with Gasteiger partial charge in [-0.05, 0) is 30.3 Å². The van der Waals surface area contributed by atoms with Crippen LogP contribution < -0.4 is 5.32 Å². The van der Waals surface area contributed by atoms with Crippen molar-refractivity contribution in [3.05, 3.63) is 52.9 Å². The smallest absolute Gasteiger partial charge is 0.337 e. The van der Waals surface area contributed by atoms with Gasteiger partial charge in [0.1, 0.15) is 11.6 Å². The molecule has 0 aliphatic heterocycles. The molecule has 0 bridgehead atoms. The molecule has 1 aromatic heterocycles. The number of pyridine rings is 1. The summed E-state index contributed by atoms with van der Waals surface area (Å²) in [7, 11) is 0. The number of aromatic carboxylic acids is 1. The number of hydrogen-bond donors (Lipinski definition) is 2. The van der Waals surface area contributed by atoms with Crippen molar-refractivity contribution in [3.8, 4) is 0 Å². The minimum atomic E-state index is -1.05. The number of carboxylic acids is 1. The fraction of sp³-hybridized carbons (Fsp3) is 0. The van der Waals surface area contributed by atoms with Crippen LogP contribution in [0.25, 0.3) is 0 Å². The number of nitrogens with one attached hydrogen (secondary N) is 1. The molecule has 0 aliphatic carbocycles. The van der Waals surface area contributed by atoms with Gasteiger partial charge < -0.3 is 10.4 Å². The molecule has 2 aromatic rings. The molecule has 1 heterocycles. The molecule has 0 spiro atoms. The largest absolute Gasteiger partial charge is 0.478 e. The second kappa shape index (κ2) is 5.01. The third-order valence-corrected chi connectivity index (χ3v) is 2.51. The summed E-state index contributed by atoms with van der Waals surface area (Å²) in [5, 5.41) is 11.6. The summed E-state index contributed by atoms with van der Waals surface area (Å²) in [5.41, 5.74) is 0.565. The van der Waals surface area contributed by atoms with Crippen LogP contribution in [0.1, 0.15) is 10.4 Å². The Balaban J connectivity index is 2.18. The fourth-order valence-corrected chi connectivity index (χ4v) is 1.43. The lowest BCUT2D eigenvalue weighted by molar-refractivity contribution is 0.0696. The molecule has 0 radical (unpaired) electrons. The quantitative estimate of drug-likeness (QED) is 0.895. The number of benzene rings is 1. The van der Waals surface area contributed by atoms with Crippen LogP contribution in [0, 0.1) is 5.82 Å². The molecule has 2 N–H and O–H groups in total. The molecule has 0 saturated heterocycles. The zero-order valence-corrected chi connectivity index (χ0v) is 9.78. The van der Waals surface area contributed by atoms with Gasteiger partial charge in [-0.3, -0.25) is 0 Å². The Morgan fingerprint density at radius 2 is 2.11 bits per heavy atom. The highest BCUT2D eigenvalue weighted by Gasteiger charge is 2.04. The van der Waals surface area contributed by atoms with Crippen molar-refractivity contribution in [3.63, 3.8) is 0 Å². The first-order chi connectivity index (χ1) is 8.56. The Kier molecular flexibility index (Phi) is 3.43. The lowest BCUT2D eigenvalue weighted by Gasteiger charge is -2.06. The summed E-state index contributed by atoms with van der Waals surface area (Å²) in [6.07, 6.45) is 1.22. The third-order valence-electron chi connectivity index (χ3n) is 2.20. The molecule has 0 aliphatic rings. The number of rotatable bonds is 3. The Morgan fingerprint density at radius 3 is 2.67 bits per heavy atom. The normalized spacial score (nSPS) is 10.1. The summed E-state index contributed by atoms with van der Waals surface area (Å²) >= 11 is 5.56. The average Bonchev–Trinajstić information content (AvgIpc) is 2.34. The number of nitrogens with zero attached hydrogens (tertiary/aromatic N) is 1. The van der Waals surface area contributed by atoms with E-state index in [0.717, 1.165) is 0 Å². The summed E-state index contributed by atoms with van der Waals surface area (Å²) < 4.78 is 13.2. The predicted molar refractivity (Wildman–Crippen MR) is 65.9 cm³/mol. The Morgan fingerprint density at radius 1 is 1.33 bits per heavy atom. The predicted octanol–water partition coefficient (Wildman–Crippen LogP) is 3.32. The first-order valence-corrected chi connectivity index (χ1v) is 5.35. The lowest BCUT2D eigenvalue weighted by atomic mass is 10.2. The van der Waals surface area contributed by atoms with Crippen LogP contribution in [0.3, 0.4) is 0 Å². The van der Waals surface area contributed by atoms with E-state index in [0.29, 0.717) is 11.5 Å². The summed E-state index contributed by atoms with van der Waals surface area (Å²) in [6.45, 7) is 0. The molecule has 0 amide bonds. The molecular weight excluding hydrogens is 259 g/mol. The van der Waals surface area contributed by atoms with Crippen molar-refractivity contribution >= 4 is 29.1 Å². The van der Waals surface area contributed by atoms with Gasteiger partial charge in [-0.25, -0.2) is 14.2 Å². The van der Waals surface area contributed by atoms with Crippen molar-refractivity contribution < 1.29 is 14.3 Å². The maximum Gasteiger partial charge on any atom is 0.337 e. The summed E-state index contributed by atoms with van der Waals surface area (Å²) in [5.74, 6) is -1.17. The highest BCUT2D eigenvalue weighted by atomic mass is 35.5. The number of anilines is 2. The zero-order chi connectivity index (χ0) is 13.1. The topological polar surface area (TPSA) is 62.2 Å². The van der Waals surface area contributed by atoms with E-state index in [1.54, 1.807) is 6.07 Å². The molecular formula is C12H8ClFN2O2. The highest BCUT2D eigenvalue weighted by Crippen LogP contribution is 2.21. The number of hydrogen-bond acceptors (Lipinski definition) is 3. The van der Waals surface area contributed by atoms with Gasteiger partial charge in [0.05, 0.1) is 10.6 Å². The molecule has 6 heteroatoms. The molecule has 18 heavy (non-hydrogen) atoms. The van der Waals surface area contributed by atoms with E-state index in [4.69, 9.17) is 16.7 Å². The van der Waals surface area contributed by atoms with Gasteiger partial charge in [-0.15, -0.1) is 0 Å². The van der Waals surface area contributed by atoms with Crippen LogP contribution in [-0.4, -0.2) is 16.1 Å². The van der Waals surface area contributed by atoms with Crippen LogP contribution >= 0.6 is 11.6 Å². The molecule has 1 aromatic carbocycles. The van der Waals surface area contributed by atoms with Crippen LogP contribution in [0.5, 0.6) is 0 Å².